The summed E-state index contributed by atoms with van der Waals surface area (Å²) in [5.41, 5.74) is 2.66. The molecule has 0 aliphatic heterocycles. The molecule has 1 aromatic heterocycles. The summed E-state index contributed by atoms with van der Waals surface area (Å²) in [7, 11) is 1.36. The maximum atomic E-state index is 13.0. The number of para-hydroxylation sites is 1. The number of carbonyl (C=O) groups is 2. The number of aliphatic imine (C=N–C) groups is 1. The average molecular weight is 422 g/mol. The van der Waals surface area contributed by atoms with Crippen molar-refractivity contribution in [1.82, 2.24) is 9.78 Å². The molecule has 0 fully saturated rings. The summed E-state index contributed by atoms with van der Waals surface area (Å²) in [4.78, 5) is 44.7. The van der Waals surface area contributed by atoms with Gasteiger partial charge in [-0.2, -0.15) is 5.06 Å². The van der Waals surface area contributed by atoms with Crippen molar-refractivity contribution in [2.75, 3.05) is 12.2 Å². The molecule has 2 aromatic carbocycles. The number of aromatic nitrogens is 2. The Labute approximate surface area is 178 Å². The summed E-state index contributed by atoms with van der Waals surface area (Å²) >= 11 is 0. The number of benzene rings is 2. The van der Waals surface area contributed by atoms with Gasteiger partial charge < -0.3 is 5.11 Å². The summed E-state index contributed by atoms with van der Waals surface area (Å²) < 4.78 is 1.24. The molecule has 0 saturated carbocycles. The fraction of sp³-hybridized carbons (Fsp3) is 0.182. The van der Waals surface area contributed by atoms with Crippen LogP contribution in [0.1, 0.15) is 23.7 Å². The van der Waals surface area contributed by atoms with E-state index in [9.17, 15) is 19.5 Å². The number of carboxylic acid groups (broad SMARTS) is 1. The Morgan fingerprint density at radius 3 is 2.55 bits per heavy atom. The lowest BCUT2D eigenvalue weighted by Crippen LogP contribution is -2.20. The Morgan fingerprint density at radius 2 is 1.94 bits per heavy atom. The minimum Gasteiger partial charge on any atom is -0.481 e. The van der Waals surface area contributed by atoms with E-state index in [-0.39, 0.29) is 17.7 Å². The Balaban J connectivity index is 2.03. The molecule has 0 bridgehead atoms. The highest BCUT2D eigenvalue weighted by Crippen LogP contribution is 2.20. The number of hydroxylamine groups is 1. The van der Waals surface area contributed by atoms with Crippen molar-refractivity contribution in [1.29, 1.82) is 0 Å². The predicted molar refractivity (Wildman–Crippen MR) is 116 cm³/mol. The van der Waals surface area contributed by atoms with Gasteiger partial charge in [0, 0.05) is 6.21 Å². The van der Waals surface area contributed by atoms with E-state index in [1.165, 1.54) is 18.0 Å². The third kappa shape index (κ3) is 4.78. The van der Waals surface area contributed by atoms with Crippen molar-refractivity contribution in [3.05, 3.63) is 75.7 Å². The van der Waals surface area contributed by atoms with Crippen molar-refractivity contribution in [3.8, 4) is 5.69 Å². The molecule has 9 nitrogen and oxygen atoms in total. The van der Waals surface area contributed by atoms with Gasteiger partial charge >= 0.3 is 5.97 Å². The van der Waals surface area contributed by atoms with Crippen LogP contribution in [0, 0.1) is 0 Å². The molecule has 0 unspecified atom stereocenters. The molecule has 0 radical (unpaired) electrons. The number of rotatable bonds is 9. The monoisotopic (exact) mass is 422 g/mol. The SMILES string of the molecule is CCc1ccccc1N=Cc1c(CC(=O)O)[nH]n(-c2ccc(N(C=O)OC)cc2)c1=O. The molecule has 1 amide bonds. The average Bonchev–Trinajstić information content (AvgIpc) is 3.08. The summed E-state index contributed by atoms with van der Waals surface area (Å²) in [6.07, 6.45) is 2.33. The molecule has 9 heteroatoms. The molecule has 3 rings (SSSR count). The van der Waals surface area contributed by atoms with Crippen LogP contribution in [-0.4, -0.2) is 40.6 Å². The van der Waals surface area contributed by atoms with Gasteiger partial charge in [0.1, 0.15) is 0 Å². The third-order valence-electron chi connectivity index (χ3n) is 4.69. The first-order valence-corrected chi connectivity index (χ1v) is 9.55. The molecule has 3 aromatic rings. The first-order chi connectivity index (χ1) is 15.0. The van der Waals surface area contributed by atoms with E-state index in [2.05, 4.69) is 10.1 Å². The van der Waals surface area contributed by atoms with Crippen LogP contribution < -0.4 is 10.6 Å². The predicted octanol–water partition coefficient (Wildman–Crippen LogP) is 2.63. The summed E-state index contributed by atoms with van der Waals surface area (Å²) in [5.74, 6) is -1.07. The first kappa shape index (κ1) is 21.7. The number of nitrogens with one attached hydrogen (secondary N) is 1. The molecule has 0 aliphatic carbocycles. The van der Waals surface area contributed by atoms with Gasteiger partial charge in [-0.3, -0.25) is 29.3 Å². The number of hydrogen-bond acceptors (Lipinski definition) is 5. The second-order valence-electron chi connectivity index (χ2n) is 6.59. The lowest BCUT2D eigenvalue weighted by molar-refractivity contribution is -0.136. The molecule has 31 heavy (non-hydrogen) atoms. The van der Waals surface area contributed by atoms with E-state index >= 15 is 0 Å². The zero-order valence-corrected chi connectivity index (χ0v) is 17.1. The lowest BCUT2D eigenvalue weighted by Gasteiger charge is -2.13. The quantitative estimate of drug-likeness (QED) is 0.312. The first-order valence-electron chi connectivity index (χ1n) is 9.55. The topological polar surface area (TPSA) is 117 Å². The van der Waals surface area contributed by atoms with Crippen LogP contribution in [-0.2, 0) is 27.3 Å². The van der Waals surface area contributed by atoms with Crippen LogP contribution in [0.25, 0.3) is 5.69 Å². The molecule has 0 aliphatic rings. The van der Waals surface area contributed by atoms with E-state index in [1.54, 1.807) is 24.3 Å². The summed E-state index contributed by atoms with van der Waals surface area (Å²) in [6.45, 7) is 2.01. The van der Waals surface area contributed by atoms with Gasteiger partial charge in [0.15, 0.2) is 0 Å². The van der Waals surface area contributed by atoms with Crippen LogP contribution in [0.2, 0.25) is 0 Å². The van der Waals surface area contributed by atoms with Gasteiger partial charge in [-0.25, -0.2) is 4.68 Å². The van der Waals surface area contributed by atoms with Crippen LogP contribution >= 0.6 is 0 Å². The Kier molecular flexibility index (Phi) is 6.78. The number of aromatic amines is 1. The molecule has 0 spiro atoms. The van der Waals surface area contributed by atoms with Crippen molar-refractivity contribution in [3.63, 3.8) is 0 Å². The van der Waals surface area contributed by atoms with Gasteiger partial charge in [-0.1, -0.05) is 25.1 Å². The largest absolute Gasteiger partial charge is 0.481 e. The van der Waals surface area contributed by atoms with Crippen molar-refractivity contribution < 1.29 is 19.5 Å². The van der Waals surface area contributed by atoms with Crippen LogP contribution in [0.4, 0.5) is 11.4 Å². The van der Waals surface area contributed by atoms with Crippen LogP contribution in [0.5, 0.6) is 0 Å². The maximum Gasteiger partial charge on any atom is 0.309 e. The highest BCUT2D eigenvalue weighted by Gasteiger charge is 2.17. The molecule has 0 atom stereocenters. The van der Waals surface area contributed by atoms with Gasteiger partial charge in [0.05, 0.1) is 41.9 Å². The molecular formula is C22H22N4O5. The van der Waals surface area contributed by atoms with Crippen molar-refractivity contribution in [2.24, 2.45) is 4.99 Å². The van der Waals surface area contributed by atoms with Gasteiger partial charge in [-0.05, 0) is 42.3 Å². The van der Waals surface area contributed by atoms with Crippen molar-refractivity contribution >= 4 is 30.0 Å². The highest BCUT2D eigenvalue weighted by atomic mass is 16.7. The third-order valence-corrected chi connectivity index (χ3v) is 4.69. The zero-order chi connectivity index (χ0) is 22.4. The minimum atomic E-state index is -1.07. The van der Waals surface area contributed by atoms with E-state index in [0.29, 0.717) is 17.8 Å². The van der Waals surface area contributed by atoms with E-state index in [0.717, 1.165) is 22.7 Å². The summed E-state index contributed by atoms with van der Waals surface area (Å²) in [6, 6.07) is 14.0. The second-order valence-corrected chi connectivity index (χ2v) is 6.59. The highest BCUT2D eigenvalue weighted by molar-refractivity contribution is 5.85. The standard InChI is InChI=1S/C22H22N4O5/c1-3-15-6-4-5-7-19(15)23-13-18-20(12-21(28)29)24-26(22(18)30)17-10-8-16(9-11-17)25(14-27)31-2/h4-11,13-14,24H,3,12H2,1-2H3,(H,28,29). The molecule has 160 valence electrons. The van der Waals surface area contributed by atoms with Crippen LogP contribution in [0.15, 0.2) is 58.3 Å². The van der Waals surface area contributed by atoms with E-state index in [1.807, 2.05) is 31.2 Å². The number of nitrogens with zero attached hydrogens (tertiary/aromatic N) is 3. The number of carboxylic acids is 1. The number of carbonyl (C=O) groups excluding carboxylic acids is 1. The fourth-order valence-electron chi connectivity index (χ4n) is 3.12. The van der Waals surface area contributed by atoms with Gasteiger partial charge in [0.25, 0.3) is 5.56 Å². The number of aliphatic carboxylic acids is 1. The lowest BCUT2D eigenvalue weighted by atomic mass is 10.1. The number of H-pyrrole nitrogens is 1. The van der Waals surface area contributed by atoms with Crippen LogP contribution in [0.3, 0.4) is 0 Å². The Hall–Kier alpha value is -3.98. The molecule has 0 saturated heterocycles. The minimum absolute atomic E-state index is 0.170. The second kappa shape index (κ2) is 9.68. The van der Waals surface area contributed by atoms with E-state index in [4.69, 9.17) is 4.84 Å². The van der Waals surface area contributed by atoms with E-state index < -0.39 is 11.5 Å². The van der Waals surface area contributed by atoms with Crippen molar-refractivity contribution in [2.45, 2.75) is 19.8 Å². The zero-order valence-electron chi connectivity index (χ0n) is 17.1. The number of hydrogen-bond donors (Lipinski definition) is 2. The Bertz CT molecular complexity index is 1160. The summed E-state index contributed by atoms with van der Waals surface area (Å²) in [5, 5.41) is 13.1. The normalized spacial score (nSPS) is 11.0. The van der Waals surface area contributed by atoms with Gasteiger partial charge in [-0.15, -0.1) is 0 Å². The van der Waals surface area contributed by atoms with Gasteiger partial charge in [0.2, 0.25) is 6.41 Å². The molecule has 2 N–H and O–H groups in total. The molecule has 1 heterocycles. The maximum absolute atomic E-state index is 13.0. The number of anilines is 1. The fourth-order valence-corrected chi connectivity index (χ4v) is 3.12. The molecular weight excluding hydrogens is 400 g/mol. The number of amides is 1. The smallest absolute Gasteiger partial charge is 0.309 e. The number of aryl methyl sites for hydroxylation is 1. The Morgan fingerprint density at radius 1 is 1.23 bits per heavy atom.